The van der Waals surface area contributed by atoms with Gasteiger partial charge in [0, 0.05) is 11.9 Å². The second kappa shape index (κ2) is 32.0. The minimum atomic E-state index is -0.920. The fourth-order valence-electron chi connectivity index (χ4n) is 3.51. The van der Waals surface area contributed by atoms with E-state index in [1.54, 1.807) is 0 Å². The molecule has 0 heterocycles. The maximum absolute atomic E-state index is 10.2. The Hall–Kier alpha value is -0.177. The molecule has 0 fully saturated rings. The van der Waals surface area contributed by atoms with Crippen molar-refractivity contribution in [2.45, 2.75) is 155 Å². The standard InChI is InChI=1S/C18H36O2.C8H16O2.Zr/c1-2-3-4-5-6-7-8-9-10-11-12-13-14-15-16-17-18(19)20;1-2-3-4-5-6-7-8(9)10;/h2-17H2,1H3,(H,19,20);2-7H2,1H3,(H,9,10);/q;;+2/p-2. The molecule has 0 aliphatic carbocycles. The minimum absolute atomic E-state index is 0. The molecule has 0 aliphatic rings. The Kier molecular flexibility index (Phi) is 36.6. The van der Waals surface area contributed by atoms with Crippen LogP contribution >= 0.6 is 0 Å². The van der Waals surface area contributed by atoms with Gasteiger partial charge in [0.05, 0.1) is 0 Å². The fraction of sp³-hybridized carbons (Fsp3) is 0.923. The number of carbonyl (C=O) groups excluding carboxylic acids is 2. The summed E-state index contributed by atoms with van der Waals surface area (Å²) in [5.74, 6) is -1.82. The van der Waals surface area contributed by atoms with Crippen LogP contribution in [0.1, 0.15) is 155 Å². The van der Waals surface area contributed by atoms with Gasteiger partial charge in [0.25, 0.3) is 0 Å². The van der Waals surface area contributed by atoms with Gasteiger partial charge in [0.15, 0.2) is 0 Å². The number of unbranched alkanes of at least 4 members (excludes halogenated alkanes) is 18. The SMILES string of the molecule is CCCCCCCC(=O)[O-].CCCCCCCCCCCCCCCCCC(=O)[O-].[Zr+2]. The molecule has 0 atom stereocenters. The minimum Gasteiger partial charge on any atom is -0.550 e. The molecule has 0 spiro atoms. The van der Waals surface area contributed by atoms with E-state index in [1.165, 1.54) is 96.3 Å². The average Bonchev–Trinajstić information content (AvgIpc) is 2.71. The van der Waals surface area contributed by atoms with Gasteiger partial charge in [-0.3, -0.25) is 0 Å². The van der Waals surface area contributed by atoms with E-state index in [0.717, 1.165) is 32.1 Å². The zero-order chi connectivity index (χ0) is 22.7. The summed E-state index contributed by atoms with van der Waals surface area (Å²) in [6.45, 7) is 4.40. The van der Waals surface area contributed by atoms with E-state index in [4.69, 9.17) is 0 Å². The van der Waals surface area contributed by atoms with E-state index in [-0.39, 0.29) is 39.0 Å². The summed E-state index contributed by atoms with van der Waals surface area (Å²) in [5.41, 5.74) is 0. The molecule has 5 heteroatoms. The number of hydrogen-bond acceptors (Lipinski definition) is 4. The largest absolute Gasteiger partial charge is 2.00 e. The summed E-state index contributed by atoms with van der Waals surface area (Å²) in [5, 5.41) is 20.1. The monoisotopic (exact) mass is 516 g/mol. The van der Waals surface area contributed by atoms with Crippen LogP contribution in [-0.4, -0.2) is 11.9 Å². The molecule has 0 rings (SSSR count). The molecular weight excluding hydrogens is 468 g/mol. The maximum Gasteiger partial charge on any atom is 2.00 e. The van der Waals surface area contributed by atoms with Gasteiger partial charge in [-0.2, -0.15) is 0 Å². The Morgan fingerprint density at radius 1 is 0.419 bits per heavy atom. The quantitative estimate of drug-likeness (QED) is 0.163. The van der Waals surface area contributed by atoms with Crippen LogP contribution in [-0.2, 0) is 35.8 Å². The van der Waals surface area contributed by atoms with Crippen molar-refractivity contribution >= 4 is 11.9 Å². The van der Waals surface area contributed by atoms with Crippen LogP contribution in [0.5, 0.6) is 0 Å². The molecule has 0 saturated heterocycles. The molecule has 0 bridgehead atoms. The van der Waals surface area contributed by atoms with Crippen molar-refractivity contribution in [1.82, 2.24) is 0 Å². The Morgan fingerprint density at radius 2 is 0.613 bits per heavy atom. The molecule has 0 aromatic rings. The van der Waals surface area contributed by atoms with Crippen molar-refractivity contribution < 1.29 is 46.0 Å². The fourth-order valence-corrected chi connectivity index (χ4v) is 3.51. The number of hydrogen-bond donors (Lipinski definition) is 0. The first-order valence-corrected chi connectivity index (χ1v) is 12.9. The second-order valence-corrected chi connectivity index (χ2v) is 8.61. The molecule has 0 radical (unpaired) electrons. The molecule has 0 amide bonds. The number of aliphatic carboxylic acids is 2. The van der Waals surface area contributed by atoms with Gasteiger partial charge >= 0.3 is 26.2 Å². The summed E-state index contributed by atoms with van der Waals surface area (Å²) in [6.07, 6.45) is 25.5. The molecule has 0 aromatic carbocycles. The summed E-state index contributed by atoms with van der Waals surface area (Å²) >= 11 is 0. The van der Waals surface area contributed by atoms with E-state index >= 15 is 0 Å². The first-order chi connectivity index (χ1) is 14.5. The van der Waals surface area contributed by atoms with Crippen LogP contribution < -0.4 is 10.2 Å². The normalized spacial score (nSPS) is 10.1. The smallest absolute Gasteiger partial charge is 0.550 e. The molecular formula is C26H50O4Zr. The van der Waals surface area contributed by atoms with Crippen LogP contribution in [0.15, 0.2) is 0 Å². The second-order valence-electron chi connectivity index (χ2n) is 8.61. The summed E-state index contributed by atoms with van der Waals surface area (Å²) < 4.78 is 0. The predicted octanol–water partition coefficient (Wildman–Crippen LogP) is 6.09. The van der Waals surface area contributed by atoms with Gasteiger partial charge in [0.1, 0.15) is 0 Å². The van der Waals surface area contributed by atoms with Gasteiger partial charge < -0.3 is 19.8 Å². The van der Waals surface area contributed by atoms with E-state index in [9.17, 15) is 19.8 Å². The van der Waals surface area contributed by atoms with E-state index < -0.39 is 11.9 Å². The van der Waals surface area contributed by atoms with E-state index in [0.29, 0.717) is 0 Å². The van der Waals surface area contributed by atoms with Gasteiger partial charge in [-0.25, -0.2) is 0 Å². The third-order valence-electron chi connectivity index (χ3n) is 5.47. The summed E-state index contributed by atoms with van der Waals surface area (Å²) in [7, 11) is 0. The predicted molar refractivity (Wildman–Crippen MR) is 123 cm³/mol. The van der Waals surface area contributed by atoms with Gasteiger partial charge in [0.2, 0.25) is 0 Å². The van der Waals surface area contributed by atoms with Crippen molar-refractivity contribution in [2.75, 3.05) is 0 Å². The van der Waals surface area contributed by atoms with Crippen molar-refractivity contribution in [3.05, 3.63) is 0 Å². The number of carboxylic acids is 2. The average molecular weight is 518 g/mol. The molecule has 0 aromatic heterocycles. The zero-order valence-electron chi connectivity index (χ0n) is 20.7. The molecule has 182 valence electrons. The number of carboxylic acid groups (broad SMARTS) is 2. The third kappa shape index (κ3) is 40.7. The van der Waals surface area contributed by atoms with Gasteiger partial charge in [-0.15, -0.1) is 0 Å². The van der Waals surface area contributed by atoms with E-state index in [1.807, 2.05) is 0 Å². The first-order valence-electron chi connectivity index (χ1n) is 12.9. The number of rotatable bonds is 22. The Labute approximate surface area is 212 Å². The van der Waals surface area contributed by atoms with Crippen molar-refractivity contribution in [1.29, 1.82) is 0 Å². The molecule has 0 aliphatic heterocycles. The van der Waals surface area contributed by atoms with Crippen LogP contribution in [0, 0.1) is 0 Å². The molecule has 0 N–H and O–H groups in total. The molecule has 0 unspecified atom stereocenters. The topological polar surface area (TPSA) is 80.3 Å². The van der Waals surface area contributed by atoms with Crippen LogP contribution in [0.25, 0.3) is 0 Å². The third-order valence-corrected chi connectivity index (χ3v) is 5.47. The van der Waals surface area contributed by atoms with Crippen LogP contribution in [0.4, 0.5) is 0 Å². The van der Waals surface area contributed by atoms with Crippen molar-refractivity contribution in [3.63, 3.8) is 0 Å². The number of carbonyl (C=O) groups is 2. The van der Waals surface area contributed by atoms with Crippen LogP contribution in [0.3, 0.4) is 0 Å². The maximum atomic E-state index is 10.2. The molecule has 31 heavy (non-hydrogen) atoms. The summed E-state index contributed by atoms with van der Waals surface area (Å²) in [4.78, 5) is 20.1. The Balaban J connectivity index is -0.000000604. The molecule has 4 nitrogen and oxygen atoms in total. The first kappa shape index (κ1) is 35.4. The van der Waals surface area contributed by atoms with Crippen LogP contribution in [0.2, 0.25) is 0 Å². The van der Waals surface area contributed by atoms with E-state index in [2.05, 4.69) is 13.8 Å². The zero-order valence-corrected chi connectivity index (χ0v) is 23.1. The Morgan fingerprint density at radius 3 is 0.806 bits per heavy atom. The van der Waals surface area contributed by atoms with Gasteiger partial charge in [-0.1, -0.05) is 129 Å². The Bertz CT molecular complexity index is 361. The summed E-state index contributed by atoms with van der Waals surface area (Å²) in [6, 6.07) is 0. The molecule has 0 saturated carbocycles. The van der Waals surface area contributed by atoms with Crippen molar-refractivity contribution in [2.24, 2.45) is 0 Å². The van der Waals surface area contributed by atoms with Crippen molar-refractivity contribution in [3.8, 4) is 0 Å². The van der Waals surface area contributed by atoms with Gasteiger partial charge in [-0.05, 0) is 25.7 Å².